The van der Waals surface area contributed by atoms with Crippen LogP contribution in [0.3, 0.4) is 0 Å². The predicted octanol–water partition coefficient (Wildman–Crippen LogP) is 1.65. The Balaban J connectivity index is 2.46. The third-order valence-corrected chi connectivity index (χ3v) is 4.15. The van der Waals surface area contributed by atoms with Crippen molar-refractivity contribution >= 4 is 9.84 Å². The van der Waals surface area contributed by atoms with Gasteiger partial charge >= 0.3 is 0 Å². The standard InChI is InChI=1S/C14H23NO3S/c1-15-13(5-4-10-19(3,16)17)11-12-6-8-14(18-2)9-7-12/h6-9,13,15H,4-5,10-11H2,1-3H3. The van der Waals surface area contributed by atoms with Gasteiger partial charge in [0.05, 0.1) is 7.11 Å². The third kappa shape index (κ3) is 6.59. The molecule has 1 aromatic carbocycles. The van der Waals surface area contributed by atoms with E-state index < -0.39 is 9.84 Å². The molecule has 1 N–H and O–H groups in total. The highest BCUT2D eigenvalue weighted by molar-refractivity contribution is 7.90. The van der Waals surface area contributed by atoms with Crippen LogP contribution in [0.25, 0.3) is 0 Å². The van der Waals surface area contributed by atoms with E-state index in [0.29, 0.717) is 12.5 Å². The molecule has 19 heavy (non-hydrogen) atoms. The summed E-state index contributed by atoms with van der Waals surface area (Å²) in [4.78, 5) is 0. The Morgan fingerprint density at radius 2 is 1.89 bits per heavy atom. The Morgan fingerprint density at radius 3 is 2.37 bits per heavy atom. The van der Waals surface area contributed by atoms with Gasteiger partial charge in [-0.1, -0.05) is 12.1 Å². The summed E-state index contributed by atoms with van der Waals surface area (Å²) in [6.45, 7) is 0. The molecule has 1 atom stereocenters. The van der Waals surface area contributed by atoms with Crippen LogP contribution in [0.5, 0.6) is 5.75 Å². The van der Waals surface area contributed by atoms with Crippen molar-refractivity contribution in [3.05, 3.63) is 29.8 Å². The maximum atomic E-state index is 11.1. The Bertz CT molecular complexity index is 468. The minimum absolute atomic E-state index is 0.258. The normalized spacial score (nSPS) is 13.2. The average Bonchev–Trinajstić information content (AvgIpc) is 2.37. The smallest absolute Gasteiger partial charge is 0.147 e. The molecule has 0 heterocycles. The summed E-state index contributed by atoms with van der Waals surface area (Å²) in [6, 6.07) is 8.27. The number of benzene rings is 1. The molecule has 0 bridgehead atoms. The molecule has 0 saturated heterocycles. The van der Waals surface area contributed by atoms with Crippen molar-refractivity contribution in [3.8, 4) is 5.75 Å². The van der Waals surface area contributed by atoms with E-state index in [1.54, 1.807) is 7.11 Å². The van der Waals surface area contributed by atoms with Crippen molar-refractivity contribution in [2.45, 2.75) is 25.3 Å². The molecule has 0 aromatic heterocycles. The van der Waals surface area contributed by atoms with E-state index in [1.807, 2.05) is 31.3 Å². The minimum atomic E-state index is -2.85. The second-order valence-corrected chi connectivity index (χ2v) is 7.07. The largest absolute Gasteiger partial charge is 0.497 e. The van der Waals surface area contributed by atoms with Crippen LogP contribution in [0.1, 0.15) is 18.4 Å². The van der Waals surface area contributed by atoms with E-state index in [-0.39, 0.29) is 5.75 Å². The third-order valence-electron chi connectivity index (χ3n) is 3.12. The molecule has 0 radical (unpaired) electrons. The first-order valence-corrected chi connectivity index (χ1v) is 8.48. The van der Waals surface area contributed by atoms with Crippen molar-refractivity contribution in [1.29, 1.82) is 0 Å². The highest BCUT2D eigenvalue weighted by atomic mass is 32.2. The van der Waals surface area contributed by atoms with Gasteiger partial charge in [-0.15, -0.1) is 0 Å². The number of hydrogen-bond acceptors (Lipinski definition) is 4. The molecule has 5 heteroatoms. The topological polar surface area (TPSA) is 55.4 Å². The van der Waals surface area contributed by atoms with Crippen LogP contribution in [0, 0.1) is 0 Å². The van der Waals surface area contributed by atoms with Gasteiger partial charge < -0.3 is 10.1 Å². The van der Waals surface area contributed by atoms with Crippen LogP contribution in [0.4, 0.5) is 0 Å². The maximum Gasteiger partial charge on any atom is 0.147 e. The molecule has 4 nitrogen and oxygen atoms in total. The van der Waals surface area contributed by atoms with Gasteiger partial charge in [-0.25, -0.2) is 8.42 Å². The predicted molar refractivity (Wildman–Crippen MR) is 78.5 cm³/mol. The van der Waals surface area contributed by atoms with Crippen molar-refractivity contribution in [1.82, 2.24) is 5.32 Å². The van der Waals surface area contributed by atoms with Crippen LogP contribution < -0.4 is 10.1 Å². The van der Waals surface area contributed by atoms with E-state index in [2.05, 4.69) is 5.32 Å². The second kappa shape index (κ2) is 7.50. The minimum Gasteiger partial charge on any atom is -0.497 e. The van der Waals surface area contributed by atoms with Gasteiger partial charge in [0.1, 0.15) is 15.6 Å². The van der Waals surface area contributed by atoms with Gasteiger partial charge in [0.25, 0.3) is 0 Å². The van der Waals surface area contributed by atoms with E-state index in [4.69, 9.17) is 4.74 Å². The lowest BCUT2D eigenvalue weighted by atomic mass is 10.0. The van der Waals surface area contributed by atoms with Crippen molar-refractivity contribution in [2.75, 3.05) is 26.2 Å². The Hall–Kier alpha value is -1.07. The second-order valence-electron chi connectivity index (χ2n) is 4.81. The van der Waals surface area contributed by atoms with Crippen molar-refractivity contribution in [2.24, 2.45) is 0 Å². The zero-order chi connectivity index (χ0) is 14.3. The Labute approximate surface area is 116 Å². The summed E-state index contributed by atoms with van der Waals surface area (Å²) in [7, 11) is 0.707. The first-order chi connectivity index (χ1) is 8.94. The zero-order valence-electron chi connectivity index (χ0n) is 11.8. The van der Waals surface area contributed by atoms with Crippen LogP contribution in [0.15, 0.2) is 24.3 Å². The number of sulfone groups is 1. The molecule has 0 aliphatic carbocycles. The summed E-state index contributed by atoms with van der Waals surface area (Å²) in [5.41, 5.74) is 1.22. The molecular weight excluding hydrogens is 262 g/mol. The molecule has 0 spiro atoms. The molecule has 0 amide bonds. The van der Waals surface area contributed by atoms with Crippen LogP contribution in [-0.4, -0.2) is 40.6 Å². The highest BCUT2D eigenvalue weighted by Gasteiger charge is 2.09. The summed E-state index contributed by atoms with van der Waals surface area (Å²) in [6.07, 6.45) is 3.73. The summed E-state index contributed by atoms with van der Waals surface area (Å²) in [5.74, 6) is 1.11. The lowest BCUT2D eigenvalue weighted by molar-refractivity contribution is 0.414. The van der Waals surface area contributed by atoms with E-state index in [0.717, 1.165) is 18.6 Å². The molecule has 1 rings (SSSR count). The number of methoxy groups -OCH3 is 1. The molecule has 0 saturated carbocycles. The molecule has 1 aromatic rings. The molecular formula is C14H23NO3S. The molecule has 0 aliphatic rings. The van der Waals surface area contributed by atoms with Crippen LogP contribution >= 0.6 is 0 Å². The molecule has 0 aliphatic heterocycles. The van der Waals surface area contributed by atoms with Gasteiger partial charge in [-0.05, 0) is 44.0 Å². The summed E-state index contributed by atoms with van der Waals surface area (Å²) < 4.78 is 27.3. The fraction of sp³-hybridized carbons (Fsp3) is 0.571. The Kier molecular flexibility index (Phi) is 6.31. The quantitative estimate of drug-likeness (QED) is 0.789. The zero-order valence-corrected chi connectivity index (χ0v) is 12.7. The first-order valence-electron chi connectivity index (χ1n) is 6.42. The summed E-state index contributed by atoms with van der Waals surface area (Å²) >= 11 is 0. The van der Waals surface area contributed by atoms with Crippen LogP contribution in [0.2, 0.25) is 0 Å². The number of nitrogens with one attached hydrogen (secondary N) is 1. The summed E-state index contributed by atoms with van der Waals surface area (Å²) in [5, 5.41) is 3.24. The fourth-order valence-electron chi connectivity index (χ4n) is 1.99. The molecule has 0 fully saturated rings. The first kappa shape index (κ1) is 16.0. The monoisotopic (exact) mass is 285 g/mol. The van der Waals surface area contributed by atoms with Crippen molar-refractivity contribution < 1.29 is 13.2 Å². The SMILES string of the molecule is CNC(CCCS(C)(=O)=O)Cc1ccc(OC)cc1. The lowest BCUT2D eigenvalue weighted by Crippen LogP contribution is -2.28. The number of rotatable bonds is 8. The Morgan fingerprint density at radius 1 is 1.26 bits per heavy atom. The van der Waals surface area contributed by atoms with Crippen LogP contribution in [-0.2, 0) is 16.3 Å². The molecule has 1 unspecified atom stereocenters. The maximum absolute atomic E-state index is 11.1. The van der Waals surface area contributed by atoms with Gasteiger partial charge in [0.2, 0.25) is 0 Å². The van der Waals surface area contributed by atoms with Crippen molar-refractivity contribution in [3.63, 3.8) is 0 Å². The van der Waals surface area contributed by atoms with Gasteiger partial charge in [0, 0.05) is 18.1 Å². The lowest BCUT2D eigenvalue weighted by Gasteiger charge is -2.16. The van der Waals surface area contributed by atoms with Gasteiger partial charge in [-0.2, -0.15) is 0 Å². The van der Waals surface area contributed by atoms with E-state index in [1.165, 1.54) is 11.8 Å². The number of ether oxygens (including phenoxy) is 1. The van der Waals surface area contributed by atoms with E-state index >= 15 is 0 Å². The average molecular weight is 285 g/mol. The number of likely N-dealkylation sites (N-methyl/N-ethyl adjacent to an activating group) is 1. The van der Waals surface area contributed by atoms with Gasteiger partial charge in [0.15, 0.2) is 0 Å². The van der Waals surface area contributed by atoms with E-state index in [9.17, 15) is 8.42 Å². The highest BCUT2D eigenvalue weighted by Crippen LogP contribution is 2.14. The molecule has 108 valence electrons. The van der Waals surface area contributed by atoms with Gasteiger partial charge in [-0.3, -0.25) is 0 Å². The fourth-order valence-corrected chi connectivity index (χ4v) is 2.68. The number of hydrogen-bond donors (Lipinski definition) is 1.